The summed E-state index contributed by atoms with van der Waals surface area (Å²) in [5.74, 6) is 0.679. The van der Waals surface area contributed by atoms with Crippen LogP contribution < -0.4 is 5.73 Å². The van der Waals surface area contributed by atoms with E-state index in [1.807, 2.05) is 0 Å². The fraction of sp³-hybridized carbons (Fsp3) is 1.00. The third kappa shape index (κ3) is 2.27. The molecule has 2 heteroatoms. The van der Waals surface area contributed by atoms with Crippen LogP contribution in [0.15, 0.2) is 0 Å². The molecule has 10 heavy (non-hydrogen) atoms. The highest BCUT2D eigenvalue weighted by molar-refractivity contribution is 4.68. The number of rotatable bonds is 3. The van der Waals surface area contributed by atoms with Gasteiger partial charge in [-0.2, -0.15) is 0 Å². The van der Waals surface area contributed by atoms with E-state index in [9.17, 15) is 0 Å². The average molecular weight is 142 g/mol. The molecule has 1 saturated heterocycles. The zero-order chi connectivity index (χ0) is 7.40. The van der Waals surface area contributed by atoms with Gasteiger partial charge in [-0.25, -0.2) is 0 Å². The number of hydrogen-bond acceptors (Lipinski definition) is 2. The molecule has 1 fully saturated rings. The van der Waals surface area contributed by atoms with Gasteiger partial charge in [0.25, 0.3) is 0 Å². The van der Waals surface area contributed by atoms with Gasteiger partial charge in [0.05, 0.1) is 0 Å². The first-order chi connectivity index (χ1) is 4.83. The average Bonchev–Trinajstić information content (AvgIpc) is 2.40. The minimum atomic E-state index is 0.679. The maximum atomic E-state index is 5.52. The summed E-state index contributed by atoms with van der Waals surface area (Å²) in [6.45, 7) is 6.85. The molecule has 0 bridgehead atoms. The Morgan fingerprint density at radius 1 is 1.40 bits per heavy atom. The van der Waals surface area contributed by atoms with E-state index < -0.39 is 0 Å². The second kappa shape index (κ2) is 3.94. The monoisotopic (exact) mass is 142 g/mol. The Morgan fingerprint density at radius 3 is 2.50 bits per heavy atom. The molecule has 0 spiro atoms. The molecule has 1 rings (SSSR count). The van der Waals surface area contributed by atoms with Crippen molar-refractivity contribution in [2.24, 2.45) is 11.7 Å². The van der Waals surface area contributed by atoms with Crippen molar-refractivity contribution in [1.82, 2.24) is 4.90 Å². The lowest BCUT2D eigenvalue weighted by Crippen LogP contribution is -2.29. The molecule has 0 aromatic rings. The van der Waals surface area contributed by atoms with Gasteiger partial charge in [-0.3, -0.25) is 0 Å². The molecule has 0 saturated carbocycles. The minimum Gasteiger partial charge on any atom is -0.330 e. The number of nitrogens with two attached hydrogens (primary N) is 1. The van der Waals surface area contributed by atoms with Crippen LogP contribution in [0.4, 0.5) is 0 Å². The topological polar surface area (TPSA) is 29.3 Å². The van der Waals surface area contributed by atoms with Gasteiger partial charge >= 0.3 is 0 Å². The van der Waals surface area contributed by atoms with E-state index in [4.69, 9.17) is 5.73 Å². The van der Waals surface area contributed by atoms with Gasteiger partial charge in [-0.15, -0.1) is 0 Å². The van der Waals surface area contributed by atoms with Crippen LogP contribution >= 0.6 is 0 Å². The van der Waals surface area contributed by atoms with Crippen molar-refractivity contribution >= 4 is 0 Å². The summed E-state index contributed by atoms with van der Waals surface area (Å²) >= 11 is 0. The van der Waals surface area contributed by atoms with Crippen molar-refractivity contribution in [3.8, 4) is 0 Å². The standard InChI is InChI=1S/C8H18N2/c1-8(6-9)7-10-4-2-3-5-10/h8H,2-7,9H2,1H3/t8-/m0/s1. The second-order valence-corrected chi connectivity index (χ2v) is 3.35. The van der Waals surface area contributed by atoms with E-state index in [0.717, 1.165) is 6.54 Å². The fourth-order valence-corrected chi connectivity index (χ4v) is 1.48. The molecule has 1 aliphatic rings. The van der Waals surface area contributed by atoms with Crippen LogP contribution in [0.2, 0.25) is 0 Å². The van der Waals surface area contributed by atoms with Crippen LogP contribution in [-0.2, 0) is 0 Å². The Hall–Kier alpha value is -0.0800. The minimum absolute atomic E-state index is 0.679. The summed E-state index contributed by atoms with van der Waals surface area (Å²) < 4.78 is 0. The predicted molar refractivity (Wildman–Crippen MR) is 43.9 cm³/mol. The molecule has 0 amide bonds. The van der Waals surface area contributed by atoms with Crippen molar-refractivity contribution in [3.05, 3.63) is 0 Å². The molecule has 60 valence electrons. The van der Waals surface area contributed by atoms with E-state index in [-0.39, 0.29) is 0 Å². The second-order valence-electron chi connectivity index (χ2n) is 3.35. The summed E-state index contributed by atoms with van der Waals surface area (Å²) in [6, 6.07) is 0. The molecule has 0 aliphatic carbocycles. The van der Waals surface area contributed by atoms with Crippen molar-refractivity contribution in [1.29, 1.82) is 0 Å². The molecule has 1 heterocycles. The third-order valence-corrected chi connectivity index (χ3v) is 2.17. The summed E-state index contributed by atoms with van der Waals surface area (Å²) in [5.41, 5.74) is 5.52. The number of hydrogen-bond donors (Lipinski definition) is 1. The lowest BCUT2D eigenvalue weighted by Gasteiger charge is -2.18. The zero-order valence-corrected chi connectivity index (χ0v) is 6.84. The number of nitrogens with zero attached hydrogens (tertiary/aromatic N) is 1. The Morgan fingerprint density at radius 2 is 2.00 bits per heavy atom. The van der Waals surface area contributed by atoms with Crippen LogP contribution in [0.5, 0.6) is 0 Å². The zero-order valence-electron chi connectivity index (χ0n) is 6.84. The van der Waals surface area contributed by atoms with Crippen LogP contribution in [0.3, 0.4) is 0 Å². The first-order valence-electron chi connectivity index (χ1n) is 4.25. The van der Waals surface area contributed by atoms with Crippen molar-refractivity contribution in [3.63, 3.8) is 0 Å². The van der Waals surface area contributed by atoms with Crippen molar-refractivity contribution in [2.45, 2.75) is 19.8 Å². The van der Waals surface area contributed by atoms with Gasteiger partial charge in [0, 0.05) is 6.54 Å². The van der Waals surface area contributed by atoms with Gasteiger partial charge in [-0.1, -0.05) is 6.92 Å². The van der Waals surface area contributed by atoms with Crippen molar-refractivity contribution < 1.29 is 0 Å². The molecule has 0 aromatic heterocycles. The first-order valence-corrected chi connectivity index (χ1v) is 4.25. The number of likely N-dealkylation sites (tertiary alicyclic amines) is 1. The maximum Gasteiger partial charge on any atom is 0.00191 e. The largest absolute Gasteiger partial charge is 0.330 e. The first kappa shape index (κ1) is 8.02. The highest BCUT2D eigenvalue weighted by Gasteiger charge is 2.12. The van der Waals surface area contributed by atoms with Gasteiger partial charge in [0.15, 0.2) is 0 Å². The van der Waals surface area contributed by atoms with Crippen LogP contribution in [0, 0.1) is 5.92 Å². The molecule has 2 nitrogen and oxygen atoms in total. The van der Waals surface area contributed by atoms with Gasteiger partial charge in [0.1, 0.15) is 0 Å². The molecule has 0 radical (unpaired) electrons. The lowest BCUT2D eigenvalue weighted by molar-refractivity contribution is 0.291. The van der Waals surface area contributed by atoms with E-state index in [1.54, 1.807) is 0 Å². The summed E-state index contributed by atoms with van der Waals surface area (Å²) in [6.07, 6.45) is 2.77. The molecule has 2 N–H and O–H groups in total. The maximum absolute atomic E-state index is 5.52. The third-order valence-electron chi connectivity index (χ3n) is 2.17. The van der Waals surface area contributed by atoms with E-state index in [1.165, 1.54) is 32.5 Å². The molecule has 1 aliphatic heterocycles. The molecule has 1 atom stereocenters. The molecular weight excluding hydrogens is 124 g/mol. The Bertz CT molecular complexity index is 87.3. The van der Waals surface area contributed by atoms with E-state index >= 15 is 0 Å². The van der Waals surface area contributed by atoms with Crippen LogP contribution in [0.1, 0.15) is 19.8 Å². The smallest absolute Gasteiger partial charge is 0.00191 e. The van der Waals surface area contributed by atoms with Crippen molar-refractivity contribution in [2.75, 3.05) is 26.2 Å². The Balaban J connectivity index is 2.11. The van der Waals surface area contributed by atoms with Gasteiger partial charge in [0.2, 0.25) is 0 Å². The van der Waals surface area contributed by atoms with E-state index in [2.05, 4.69) is 11.8 Å². The Kier molecular flexibility index (Phi) is 3.16. The van der Waals surface area contributed by atoms with E-state index in [0.29, 0.717) is 5.92 Å². The normalized spacial score (nSPS) is 23.4. The molecular formula is C8H18N2. The molecule has 0 aromatic carbocycles. The molecule has 0 unspecified atom stereocenters. The lowest BCUT2D eigenvalue weighted by atomic mass is 10.2. The summed E-state index contributed by atoms with van der Waals surface area (Å²) in [5, 5.41) is 0. The highest BCUT2D eigenvalue weighted by Crippen LogP contribution is 2.08. The quantitative estimate of drug-likeness (QED) is 0.628. The van der Waals surface area contributed by atoms with Gasteiger partial charge in [-0.05, 0) is 38.4 Å². The Labute approximate surface area is 63.4 Å². The fourth-order valence-electron chi connectivity index (χ4n) is 1.48. The SMILES string of the molecule is C[C@@H](CN)CN1CCCC1. The highest BCUT2D eigenvalue weighted by atomic mass is 15.1. The summed E-state index contributed by atoms with van der Waals surface area (Å²) in [7, 11) is 0. The summed E-state index contributed by atoms with van der Waals surface area (Å²) in [4.78, 5) is 2.51. The van der Waals surface area contributed by atoms with Crippen LogP contribution in [-0.4, -0.2) is 31.1 Å². The van der Waals surface area contributed by atoms with Crippen LogP contribution in [0.25, 0.3) is 0 Å². The predicted octanol–water partition coefficient (Wildman–Crippen LogP) is 0.677. The van der Waals surface area contributed by atoms with Gasteiger partial charge < -0.3 is 10.6 Å².